The first-order chi connectivity index (χ1) is 9.00. The molecule has 2 N–H and O–H groups in total. The molecule has 0 aromatic heterocycles. The predicted octanol–water partition coefficient (Wildman–Crippen LogP) is -1.29. The van der Waals surface area contributed by atoms with Gasteiger partial charge in [0.25, 0.3) is 0 Å². The van der Waals surface area contributed by atoms with Crippen molar-refractivity contribution in [2.45, 2.75) is 19.1 Å². The summed E-state index contributed by atoms with van der Waals surface area (Å²) in [5.41, 5.74) is 0. The number of urea groups is 1. The van der Waals surface area contributed by atoms with Crippen LogP contribution in [0.15, 0.2) is 0 Å². The van der Waals surface area contributed by atoms with Gasteiger partial charge in [0.05, 0.1) is 13.2 Å². The van der Waals surface area contributed by atoms with Gasteiger partial charge in [-0.3, -0.25) is 4.79 Å². The Balaban J connectivity index is 2.02. The maximum absolute atomic E-state index is 12.3. The number of morpholine rings is 1. The third-order valence-corrected chi connectivity index (χ3v) is 3.36. The summed E-state index contributed by atoms with van der Waals surface area (Å²) in [4.78, 5) is 37.6. The summed E-state index contributed by atoms with van der Waals surface area (Å²) in [7, 11) is 0. The standard InChI is InChI=1S/C11H17N3O5/c1-7-9(15)12-2-3-14(7)11(18)13-4-5-19-8(6-13)10(16)17/h7-8H,2-6H2,1H3,(H,12,15)(H,16,17). The van der Waals surface area contributed by atoms with Crippen LogP contribution in [0.1, 0.15) is 6.92 Å². The van der Waals surface area contributed by atoms with Crippen molar-refractivity contribution in [3.05, 3.63) is 0 Å². The van der Waals surface area contributed by atoms with Gasteiger partial charge in [0.1, 0.15) is 6.04 Å². The highest BCUT2D eigenvalue weighted by molar-refractivity contribution is 5.88. The number of aliphatic carboxylic acids is 1. The SMILES string of the molecule is CC1C(=O)NCCN1C(=O)N1CCOC(C(=O)O)C1. The van der Waals surface area contributed by atoms with Crippen molar-refractivity contribution in [1.29, 1.82) is 0 Å². The van der Waals surface area contributed by atoms with Gasteiger partial charge < -0.3 is 25.0 Å². The minimum atomic E-state index is -1.08. The highest BCUT2D eigenvalue weighted by Gasteiger charge is 2.35. The lowest BCUT2D eigenvalue weighted by Gasteiger charge is -2.39. The van der Waals surface area contributed by atoms with E-state index in [9.17, 15) is 14.4 Å². The van der Waals surface area contributed by atoms with Crippen LogP contribution >= 0.6 is 0 Å². The average Bonchev–Trinajstić information content (AvgIpc) is 2.41. The molecule has 3 amide bonds. The van der Waals surface area contributed by atoms with E-state index in [1.54, 1.807) is 6.92 Å². The number of amides is 3. The second-order valence-corrected chi connectivity index (χ2v) is 4.59. The maximum atomic E-state index is 12.3. The van der Waals surface area contributed by atoms with E-state index in [4.69, 9.17) is 9.84 Å². The molecule has 0 radical (unpaired) electrons. The van der Waals surface area contributed by atoms with E-state index in [0.717, 1.165) is 0 Å². The topological polar surface area (TPSA) is 99.2 Å². The molecule has 0 spiro atoms. The summed E-state index contributed by atoms with van der Waals surface area (Å²) >= 11 is 0. The fourth-order valence-electron chi connectivity index (χ4n) is 2.20. The highest BCUT2D eigenvalue weighted by Crippen LogP contribution is 2.12. The van der Waals surface area contributed by atoms with Gasteiger partial charge in [0.2, 0.25) is 5.91 Å². The largest absolute Gasteiger partial charge is 0.479 e. The smallest absolute Gasteiger partial charge is 0.334 e. The number of carbonyl (C=O) groups is 3. The van der Waals surface area contributed by atoms with Crippen molar-refractivity contribution in [2.75, 3.05) is 32.8 Å². The fraction of sp³-hybridized carbons (Fsp3) is 0.727. The van der Waals surface area contributed by atoms with Crippen LogP contribution < -0.4 is 5.32 Å². The zero-order valence-corrected chi connectivity index (χ0v) is 10.7. The van der Waals surface area contributed by atoms with Gasteiger partial charge in [-0.25, -0.2) is 9.59 Å². The zero-order chi connectivity index (χ0) is 14.0. The molecule has 0 saturated carbocycles. The molecule has 2 heterocycles. The van der Waals surface area contributed by atoms with Crippen LogP contribution in [0.5, 0.6) is 0 Å². The molecule has 2 rings (SSSR count). The lowest BCUT2D eigenvalue weighted by atomic mass is 10.2. The van der Waals surface area contributed by atoms with Crippen molar-refractivity contribution in [1.82, 2.24) is 15.1 Å². The molecule has 2 unspecified atom stereocenters. The lowest BCUT2D eigenvalue weighted by molar-refractivity contribution is -0.155. The van der Waals surface area contributed by atoms with Crippen molar-refractivity contribution in [2.24, 2.45) is 0 Å². The second kappa shape index (κ2) is 5.43. The molecule has 2 fully saturated rings. The Morgan fingerprint density at radius 2 is 2.16 bits per heavy atom. The summed E-state index contributed by atoms with van der Waals surface area (Å²) < 4.78 is 5.06. The Hall–Kier alpha value is -1.83. The third kappa shape index (κ3) is 2.78. The zero-order valence-electron chi connectivity index (χ0n) is 10.7. The predicted molar refractivity (Wildman–Crippen MR) is 63.5 cm³/mol. The summed E-state index contributed by atoms with van der Waals surface area (Å²) in [6.45, 7) is 3.05. The number of rotatable bonds is 1. The summed E-state index contributed by atoms with van der Waals surface area (Å²) in [5.74, 6) is -1.27. The number of hydrogen-bond acceptors (Lipinski definition) is 4. The van der Waals surface area contributed by atoms with Crippen LogP contribution in [0.25, 0.3) is 0 Å². The van der Waals surface area contributed by atoms with E-state index in [-0.39, 0.29) is 25.1 Å². The number of nitrogens with one attached hydrogen (secondary N) is 1. The Labute approximate surface area is 110 Å². The van der Waals surface area contributed by atoms with Crippen molar-refractivity contribution in [3.63, 3.8) is 0 Å². The molecule has 8 nitrogen and oxygen atoms in total. The first-order valence-electron chi connectivity index (χ1n) is 6.18. The Kier molecular flexibility index (Phi) is 3.89. The van der Waals surface area contributed by atoms with Gasteiger partial charge in [0, 0.05) is 19.6 Å². The van der Waals surface area contributed by atoms with Gasteiger partial charge in [-0.1, -0.05) is 0 Å². The number of nitrogens with zero attached hydrogens (tertiary/aromatic N) is 2. The minimum Gasteiger partial charge on any atom is -0.479 e. The van der Waals surface area contributed by atoms with Crippen molar-refractivity contribution in [3.8, 4) is 0 Å². The number of ether oxygens (including phenoxy) is 1. The van der Waals surface area contributed by atoms with E-state index >= 15 is 0 Å². The third-order valence-electron chi connectivity index (χ3n) is 3.36. The Morgan fingerprint density at radius 1 is 1.42 bits per heavy atom. The molecule has 2 saturated heterocycles. The molecule has 106 valence electrons. The van der Waals surface area contributed by atoms with Crippen LogP contribution in [0.4, 0.5) is 4.79 Å². The van der Waals surface area contributed by atoms with Crippen molar-refractivity contribution < 1.29 is 24.2 Å². The van der Waals surface area contributed by atoms with Gasteiger partial charge in [-0.2, -0.15) is 0 Å². The number of piperazine rings is 1. The van der Waals surface area contributed by atoms with Crippen LogP contribution in [-0.4, -0.2) is 77.7 Å². The van der Waals surface area contributed by atoms with Crippen LogP contribution in [0.3, 0.4) is 0 Å². The summed E-state index contributed by atoms with van der Waals surface area (Å²) in [6.07, 6.45) is -0.994. The van der Waals surface area contributed by atoms with Gasteiger partial charge in [-0.05, 0) is 6.92 Å². The molecule has 0 bridgehead atoms. The van der Waals surface area contributed by atoms with E-state index in [2.05, 4.69) is 5.32 Å². The molecule has 19 heavy (non-hydrogen) atoms. The maximum Gasteiger partial charge on any atom is 0.334 e. The fourth-order valence-corrected chi connectivity index (χ4v) is 2.20. The van der Waals surface area contributed by atoms with E-state index < -0.39 is 18.1 Å². The molecule has 0 aliphatic carbocycles. The second-order valence-electron chi connectivity index (χ2n) is 4.59. The summed E-state index contributed by atoms with van der Waals surface area (Å²) in [6, 6.07) is -0.843. The normalized spacial score (nSPS) is 27.9. The molecule has 0 aromatic carbocycles. The molecule has 0 aromatic rings. The van der Waals surface area contributed by atoms with Crippen LogP contribution in [-0.2, 0) is 14.3 Å². The molecular weight excluding hydrogens is 254 g/mol. The Bertz CT molecular complexity index is 400. The number of carboxylic acids is 1. The van der Waals surface area contributed by atoms with E-state index in [0.29, 0.717) is 19.6 Å². The van der Waals surface area contributed by atoms with Crippen molar-refractivity contribution >= 4 is 17.9 Å². The molecule has 2 aliphatic rings. The number of hydrogen-bond donors (Lipinski definition) is 2. The van der Waals surface area contributed by atoms with E-state index in [1.165, 1.54) is 9.80 Å². The average molecular weight is 271 g/mol. The van der Waals surface area contributed by atoms with Crippen LogP contribution in [0, 0.1) is 0 Å². The number of carboxylic acid groups (broad SMARTS) is 1. The molecule has 8 heteroatoms. The summed E-state index contributed by atoms with van der Waals surface area (Å²) in [5, 5.41) is 11.6. The van der Waals surface area contributed by atoms with Gasteiger partial charge in [0.15, 0.2) is 6.10 Å². The first kappa shape index (κ1) is 13.6. The van der Waals surface area contributed by atoms with Crippen LogP contribution in [0.2, 0.25) is 0 Å². The minimum absolute atomic E-state index is 0.0129. The monoisotopic (exact) mass is 271 g/mol. The first-order valence-corrected chi connectivity index (χ1v) is 6.18. The molecular formula is C11H17N3O5. The van der Waals surface area contributed by atoms with E-state index in [1.807, 2.05) is 0 Å². The van der Waals surface area contributed by atoms with Gasteiger partial charge >= 0.3 is 12.0 Å². The quantitative estimate of drug-likeness (QED) is 0.618. The molecule has 2 atom stereocenters. The lowest BCUT2D eigenvalue weighted by Crippen LogP contribution is -2.61. The van der Waals surface area contributed by atoms with Gasteiger partial charge in [-0.15, -0.1) is 0 Å². The Morgan fingerprint density at radius 3 is 2.84 bits per heavy atom. The highest BCUT2D eigenvalue weighted by atomic mass is 16.5. The molecule has 2 aliphatic heterocycles. The number of carbonyl (C=O) groups excluding carboxylic acids is 2.